The molecule has 0 spiro atoms. The van der Waals surface area contributed by atoms with Gasteiger partial charge in [0, 0.05) is 25.0 Å². The molecule has 1 aromatic rings. The molecule has 2 aliphatic rings. The number of hydrogen-bond acceptors (Lipinski definition) is 4. The Balaban J connectivity index is 0.00000176. The fourth-order valence-electron chi connectivity index (χ4n) is 3.19. The topological polar surface area (TPSA) is 77.4 Å². The third kappa shape index (κ3) is 3.56. The van der Waals surface area contributed by atoms with Gasteiger partial charge in [0.15, 0.2) is 0 Å². The van der Waals surface area contributed by atoms with Crippen molar-refractivity contribution in [2.45, 2.75) is 50.4 Å². The molecule has 2 heterocycles. The van der Waals surface area contributed by atoms with Crippen LogP contribution in [0, 0.1) is 0 Å². The summed E-state index contributed by atoms with van der Waals surface area (Å²) in [7, 11) is 1.93. The van der Waals surface area contributed by atoms with Crippen molar-refractivity contribution < 1.29 is 44.3 Å². The van der Waals surface area contributed by atoms with Gasteiger partial charge in [-0.3, -0.25) is 9.69 Å². The van der Waals surface area contributed by atoms with Crippen molar-refractivity contribution in [3.63, 3.8) is 0 Å². The van der Waals surface area contributed by atoms with Gasteiger partial charge in [-0.1, -0.05) is 0 Å². The zero-order valence-corrected chi connectivity index (χ0v) is 15.1. The van der Waals surface area contributed by atoms with Crippen molar-refractivity contribution in [2.75, 3.05) is 0 Å². The van der Waals surface area contributed by atoms with E-state index in [9.17, 15) is 14.7 Å². The van der Waals surface area contributed by atoms with Crippen molar-refractivity contribution in [2.24, 2.45) is 7.05 Å². The first-order valence-corrected chi connectivity index (χ1v) is 7.44. The molecule has 6 nitrogen and oxygen atoms in total. The summed E-state index contributed by atoms with van der Waals surface area (Å²) in [5.74, 6) is -1.13. The van der Waals surface area contributed by atoms with Crippen molar-refractivity contribution in [3.8, 4) is 0 Å². The first kappa shape index (κ1) is 17.5. The number of hydrogen-bond donors (Lipinski definition) is 1. The van der Waals surface area contributed by atoms with Gasteiger partial charge in [0.1, 0.15) is 0 Å². The molecule has 2 unspecified atom stereocenters. The summed E-state index contributed by atoms with van der Waals surface area (Å²) in [6, 6.07) is 3.18. The average molecular weight is 313 g/mol. The molecule has 22 heavy (non-hydrogen) atoms. The third-order valence-electron chi connectivity index (χ3n) is 4.47. The van der Waals surface area contributed by atoms with Crippen molar-refractivity contribution in [3.05, 3.63) is 24.0 Å². The fraction of sp³-hybridized carbons (Fsp3) is 0.600. The molecule has 0 radical (unpaired) electrons. The first-order valence-electron chi connectivity index (χ1n) is 7.44. The zero-order chi connectivity index (χ0) is 15.0. The van der Waals surface area contributed by atoms with Crippen LogP contribution in [0.15, 0.2) is 18.3 Å². The van der Waals surface area contributed by atoms with Crippen LogP contribution in [0.4, 0.5) is 0 Å². The molecule has 1 aliphatic heterocycles. The van der Waals surface area contributed by atoms with Crippen LogP contribution in [0.25, 0.3) is 0 Å². The molecule has 2 atom stereocenters. The maximum Gasteiger partial charge on any atom is 1.00 e. The number of amides is 1. The average Bonchev–Trinajstić information content (AvgIpc) is 3.05. The molecule has 114 valence electrons. The standard InChI is InChI=1S/C15H21N3O3.Na/c1-17-8-2-3-11(17)9-16-14(19)12-6-7-13(15(20)21)18(12)10-4-5-10;/h2-3,8,10,12-13H,4-7,9H2,1H3,(H,16,19)(H,20,21);/q;+1/p-1. The Bertz CT molecular complexity index is 556. The van der Waals surface area contributed by atoms with E-state index in [0.717, 1.165) is 18.5 Å². The number of rotatable bonds is 5. The van der Waals surface area contributed by atoms with Crippen molar-refractivity contribution >= 4 is 11.9 Å². The largest absolute Gasteiger partial charge is 1.00 e. The summed E-state index contributed by atoms with van der Waals surface area (Å²) < 4.78 is 1.96. The summed E-state index contributed by atoms with van der Waals surface area (Å²) in [6.45, 7) is 0.466. The van der Waals surface area contributed by atoms with Crippen LogP contribution in [-0.4, -0.2) is 39.5 Å². The predicted octanol–water partition coefficient (Wildman–Crippen LogP) is -3.61. The number of aromatic nitrogens is 1. The van der Waals surface area contributed by atoms with Crippen LogP contribution in [0.2, 0.25) is 0 Å². The molecule has 1 aromatic heterocycles. The minimum atomic E-state index is -1.06. The van der Waals surface area contributed by atoms with E-state index in [1.165, 1.54) is 0 Å². The van der Waals surface area contributed by atoms with Crippen LogP contribution < -0.4 is 40.0 Å². The van der Waals surface area contributed by atoms with Crippen LogP contribution in [0.5, 0.6) is 0 Å². The molecule has 2 fully saturated rings. The molecule has 1 saturated carbocycles. The Labute approximate surface area is 152 Å². The van der Waals surface area contributed by atoms with Gasteiger partial charge in [-0.05, 0) is 37.8 Å². The van der Waals surface area contributed by atoms with E-state index in [0.29, 0.717) is 19.4 Å². The second kappa shape index (κ2) is 7.17. The normalized spacial score (nSPS) is 24.8. The van der Waals surface area contributed by atoms with E-state index < -0.39 is 12.0 Å². The molecule has 0 aromatic carbocycles. The van der Waals surface area contributed by atoms with Crippen LogP contribution >= 0.6 is 0 Å². The molecule has 1 N–H and O–H groups in total. The monoisotopic (exact) mass is 313 g/mol. The molecular weight excluding hydrogens is 293 g/mol. The van der Waals surface area contributed by atoms with E-state index in [4.69, 9.17) is 0 Å². The van der Waals surface area contributed by atoms with Crippen molar-refractivity contribution in [1.82, 2.24) is 14.8 Å². The number of carbonyl (C=O) groups excluding carboxylic acids is 2. The van der Waals surface area contributed by atoms with E-state index in [1.807, 2.05) is 34.8 Å². The Kier molecular flexibility index (Phi) is 5.71. The van der Waals surface area contributed by atoms with E-state index in [1.54, 1.807) is 0 Å². The molecule has 7 heteroatoms. The number of carboxylic acids is 1. The Morgan fingerprint density at radius 2 is 1.95 bits per heavy atom. The number of nitrogens with one attached hydrogen (secondary N) is 1. The molecule has 1 aliphatic carbocycles. The third-order valence-corrected chi connectivity index (χ3v) is 4.47. The van der Waals surface area contributed by atoms with Gasteiger partial charge in [0.2, 0.25) is 5.91 Å². The van der Waals surface area contributed by atoms with Crippen molar-refractivity contribution in [1.29, 1.82) is 0 Å². The summed E-state index contributed by atoms with van der Waals surface area (Å²) in [6.07, 6.45) is 4.98. The van der Waals surface area contributed by atoms with E-state index >= 15 is 0 Å². The summed E-state index contributed by atoms with van der Waals surface area (Å²) in [5.41, 5.74) is 1.02. The van der Waals surface area contributed by atoms with Crippen LogP contribution in [0.3, 0.4) is 0 Å². The zero-order valence-electron chi connectivity index (χ0n) is 13.1. The van der Waals surface area contributed by atoms with E-state index in [-0.39, 0.29) is 47.5 Å². The Morgan fingerprint density at radius 3 is 2.50 bits per heavy atom. The van der Waals surface area contributed by atoms with E-state index in [2.05, 4.69) is 5.32 Å². The fourth-order valence-corrected chi connectivity index (χ4v) is 3.19. The number of likely N-dealkylation sites (tertiary alicyclic amines) is 1. The Morgan fingerprint density at radius 1 is 1.27 bits per heavy atom. The van der Waals surface area contributed by atoms with Gasteiger partial charge in [-0.25, -0.2) is 0 Å². The van der Waals surface area contributed by atoms with Gasteiger partial charge >= 0.3 is 29.6 Å². The number of aliphatic carboxylic acids is 1. The first-order chi connectivity index (χ1) is 10.1. The SMILES string of the molecule is Cn1cccc1CNC(=O)C1CCC(C(=O)[O-])N1C1CC1.[Na+]. The summed E-state index contributed by atoms with van der Waals surface area (Å²) in [4.78, 5) is 25.5. The van der Waals surface area contributed by atoms with Gasteiger partial charge in [0.05, 0.1) is 24.6 Å². The molecule has 3 rings (SSSR count). The summed E-state index contributed by atoms with van der Waals surface area (Å²) in [5, 5.41) is 14.1. The predicted molar refractivity (Wildman–Crippen MR) is 73.9 cm³/mol. The van der Waals surface area contributed by atoms with Gasteiger partial charge in [-0.15, -0.1) is 0 Å². The van der Waals surface area contributed by atoms with Crippen LogP contribution in [-0.2, 0) is 23.2 Å². The quantitative estimate of drug-likeness (QED) is 0.570. The molecule has 1 saturated heterocycles. The maximum absolute atomic E-state index is 12.4. The number of aryl methyl sites for hydroxylation is 1. The minimum absolute atomic E-state index is 0. The Hall–Kier alpha value is -0.820. The molecule has 0 bridgehead atoms. The second-order valence-corrected chi connectivity index (χ2v) is 5.93. The van der Waals surface area contributed by atoms with Gasteiger partial charge in [0.25, 0.3) is 0 Å². The van der Waals surface area contributed by atoms with Crippen LogP contribution in [0.1, 0.15) is 31.4 Å². The van der Waals surface area contributed by atoms with Gasteiger partial charge in [-0.2, -0.15) is 0 Å². The van der Waals surface area contributed by atoms with Gasteiger partial charge < -0.3 is 19.8 Å². The molecular formula is C15H20N3NaO3. The number of carboxylic acid groups (broad SMARTS) is 1. The molecule has 1 amide bonds. The smallest absolute Gasteiger partial charge is 0.548 e. The second-order valence-electron chi connectivity index (χ2n) is 5.93. The minimum Gasteiger partial charge on any atom is -0.548 e. The number of carbonyl (C=O) groups is 2. The maximum atomic E-state index is 12.4. The number of nitrogens with zero attached hydrogens (tertiary/aromatic N) is 2. The summed E-state index contributed by atoms with van der Waals surface area (Å²) >= 11 is 0.